The van der Waals surface area contributed by atoms with Crippen molar-refractivity contribution in [2.75, 3.05) is 5.32 Å². The lowest BCUT2D eigenvalue weighted by atomic mass is 10.2. The zero-order valence-electron chi connectivity index (χ0n) is 10.8. The van der Waals surface area contributed by atoms with Gasteiger partial charge in [-0.2, -0.15) is 0 Å². The van der Waals surface area contributed by atoms with E-state index in [2.05, 4.69) is 15.3 Å². The number of nitrogens with zero attached hydrogens (tertiary/aromatic N) is 2. The lowest BCUT2D eigenvalue weighted by molar-refractivity contribution is 0.0691. The molecule has 2 N–H and O–H groups in total. The Kier molecular flexibility index (Phi) is 3.94. The predicted octanol–water partition coefficient (Wildman–Crippen LogP) is 3.58. The monoisotopic (exact) mass is 317 g/mol. The number of rotatable bonds is 5. The van der Waals surface area contributed by atoms with Crippen LogP contribution >= 0.6 is 22.7 Å². The highest BCUT2D eigenvalue weighted by Gasteiger charge is 2.09. The van der Waals surface area contributed by atoms with E-state index in [0.29, 0.717) is 6.54 Å². The normalized spacial score (nSPS) is 10.5. The first-order chi connectivity index (χ1) is 10.2. The van der Waals surface area contributed by atoms with Crippen LogP contribution in [-0.2, 0) is 6.54 Å². The maximum atomic E-state index is 10.8. The third-order valence-electron chi connectivity index (χ3n) is 2.74. The molecule has 106 valence electrons. The number of carboxylic acids is 1. The van der Waals surface area contributed by atoms with Gasteiger partial charge in [-0.25, -0.2) is 14.8 Å². The number of hydrogen-bond acceptors (Lipinski definition) is 6. The van der Waals surface area contributed by atoms with Gasteiger partial charge < -0.3 is 10.4 Å². The van der Waals surface area contributed by atoms with Gasteiger partial charge in [0.2, 0.25) is 0 Å². The van der Waals surface area contributed by atoms with E-state index in [-0.39, 0.29) is 5.69 Å². The van der Waals surface area contributed by atoms with Crippen LogP contribution in [0.3, 0.4) is 0 Å². The van der Waals surface area contributed by atoms with Crippen molar-refractivity contribution in [1.29, 1.82) is 0 Å². The summed E-state index contributed by atoms with van der Waals surface area (Å²) in [6.07, 6.45) is 0. The second-order valence-corrected chi connectivity index (χ2v) is 5.99. The number of benzene rings is 1. The Morgan fingerprint density at radius 1 is 1.14 bits per heavy atom. The minimum Gasteiger partial charge on any atom is -0.476 e. The summed E-state index contributed by atoms with van der Waals surface area (Å²) in [5.74, 6) is -1.00. The Hall–Kier alpha value is -2.25. The van der Waals surface area contributed by atoms with Crippen LogP contribution in [0.1, 0.15) is 15.5 Å². The molecule has 0 bridgehead atoms. The van der Waals surface area contributed by atoms with Crippen LogP contribution < -0.4 is 5.32 Å². The Morgan fingerprint density at radius 3 is 2.67 bits per heavy atom. The SMILES string of the molecule is O=C(O)c1csc(CNc2nc(-c3ccccc3)cs2)n1. The third kappa shape index (κ3) is 3.26. The third-order valence-corrected chi connectivity index (χ3v) is 4.38. The number of carboxylic acid groups (broad SMARTS) is 1. The molecule has 7 heteroatoms. The second-order valence-electron chi connectivity index (χ2n) is 4.19. The summed E-state index contributed by atoms with van der Waals surface area (Å²) in [6.45, 7) is 0.472. The van der Waals surface area contributed by atoms with Crippen molar-refractivity contribution in [3.05, 3.63) is 51.8 Å². The van der Waals surface area contributed by atoms with E-state index in [1.54, 1.807) is 0 Å². The van der Waals surface area contributed by atoms with Crippen molar-refractivity contribution in [2.45, 2.75) is 6.54 Å². The van der Waals surface area contributed by atoms with E-state index in [1.165, 1.54) is 28.1 Å². The minimum absolute atomic E-state index is 0.0842. The first-order valence-corrected chi connectivity index (χ1v) is 7.91. The van der Waals surface area contributed by atoms with E-state index < -0.39 is 5.97 Å². The molecule has 0 saturated heterocycles. The zero-order chi connectivity index (χ0) is 14.7. The fraction of sp³-hybridized carbons (Fsp3) is 0.0714. The van der Waals surface area contributed by atoms with E-state index in [1.807, 2.05) is 35.7 Å². The molecule has 0 aliphatic heterocycles. The van der Waals surface area contributed by atoms with Crippen LogP contribution in [-0.4, -0.2) is 21.0 Å². The number of thiazole rings is 2. The van der Waals surface area contributed by atoms with Gasteiger partial charge in [0.05, 0.1) is 12.2 Å². The average Bonchev–Trinajstić information content (AvgIpc) is 3.15. The van der Waals surface area contributed by atoms with Crippen molar-refractivity contribution in [3.63, 3.8) is 0 Å². The Balaban J connectivity index is 1.66. The van der Waals surface area contributed by atoms with Crippen LogP contribution in [0.25, 0.3) is 11.3 Å². The summed E-state index contributed by atoms with van der Waals surface area (Å²) >= 11 is 2.84. The molecule has 1 aromatic carbocycles. The van der Waals surface area contributed by atoms with Crippen molar-refractivity contribution < 1.29 is 9.90 Å². The molecule has 0 spiro atoms. The lowest BCUT2D eigenvalue weighted by Gasteiger charge is -1.98. The van der Waals surface area contributed by atoms with Crippen LogP contribution in [0.4, 0.5) is 5.13 Å². The fourth-order valence-corrected chi connectivity index (χ4v) is 3.16. The standard InChI is InChI=1S/C14H11N3O2S2/c18-13(19)11-8-20-12(16-11)6-15-14-17-10(7-21-14)9-4-2-1-3-5-9/h1-5,7-8H,6H2,(H,15,17)(H,18,19). The Labute approximate surface area is 129 Å². The highest BCUT2D eigenvalue weighted by molar-refractivity contribution is 7.14. The van der Waals surface area contributed by atoms with Gasteiger partial charge >= 0.3 is 5.97 Å². The van der Waals surface area contributed by atoms with Crippen molar-refractivity contribution in [2.24, 2.45) is 0 Å². The number of hydrogen-bond donors (Lipinski definition) is 2. The van der Waals surface area contributed by atoms with E-state index >= 15 is 0 Å². The quantitative estimate of drug-likeness (QED) is 0.752. The summed E-state index contributed by atoms with van der Waals surface area (Å²) in [6, 6.07) is 9.95. The molecule has 21 heavy (non-hydrogen) atoms. The summed E-state index contributed by atoms with van der Waals surface area (Å²) in [5, 5.41) is 17.0. The number of anilines is 1. The van der Waals surface area contributed by atoms with E-state index in [4.69, 9.17) is 5.11 Å². The molecule has 0 atom stereocenters. The molecule has 0 radical (unpaired) electrons. The van der Waals surface area contributed by atoms with Gasteiger partial charge in [-0.3, -0.25) is 0 Å². The molecule has 2 aromatic heterocycles. The zero-order valence-corrected chi connectivity index (χ0v) is 12.4. The molecular weight excluding hydrogens is 306 g/mol. The molecule has 0 saturated carbocycles. The number of nitrogens with one attached hydrogen (secondary N) is 1. The minimum atomic E-state index is -1.00. The lowest BCUT2D eigenvalue weighted by Crippen LogP contribution is -2.01. The molecule has 0 aliphatic carbocycles. The first kappa shape index (κ1) is 13.7. The van der Waals surface area contributed by atoms with Gasteiger partial charge in [0.1, 0.15) is 5.01 Å². The van der Waals surface area contributed by atoms with E-state index in [0.717, 1.165) is 21.4 Å². The fourth-order valence-electron chi connectivity index (χ4n) is 1.74. The summed E-state index contributed by atoms with van der Waals surface area (Å²) < 4.78 is 0. The smallest absolute Gasteiger partial charge is 0.355 e. The van der Waals surface area contributed by atoms with Crippen molar-refractivity contribution in [3.8, 4) is 11.3 Å². The van der Waals surface area contributed by atoms with Crippen molar-refractivity contribution >= 4 is 33.8 Å². The Morgan fingerprint density at radius 2 is 1.95 bits per heavy atom. The summed E-state index contributed by atoms with van der Waals surface area (Å²) in [4.78, 5) is 19.3. The second kappa shape index (κ2) is 6.02. The molecule has 0 amide bonds. The van der Waals surface area contributed by atoms with Crippen LogP contribution in [0.15, 0.2) is 41.1 Å². The van der Waals surface area contributed by atoms with Crippen LogP contribution in [0.2, 0.25) is 0 Å². The highest BCUT2D eigenvalue weighted by atomic mass is 32.1. The van der Waals surface area contributed by atoms with Gasteiger partial charge in [0, 0.05) is 16.3 Å². The molecule has 0 aliphatic rings. The van der Waals surface area contributed by atoms with Gasteiger partial charge in [-0.05, 0) is 0 Å². The molecular formula is C14H11N3O2S2. The molecule has 5 nitrogen and oxygen atoms in total. The van der Waals surface area contributed by atoms with Gasteiger partial charge in [-0.1, -0.05) is 30.3 Å². The molecule has 3 aromatic rings. The number of aromatic carboxylic acids is 1. The maximum absolute atomic E-state index is 10.8. The predicted molar refractivity (Wildman–Crippen MR) is 84.0 cm³/mol. The summed E-state index contributed by atoms with van der Waals surface area (Å²) in [7, 11) is 0. The number of aromatic nitrogens is 2. The van der Waals surface area contributed by atoms with E-state index in [9.17, 15) is 4.79 Å². The molecule has 2 heterocycles. The largest absolute Gasteiger partial charge is 0.476 e. The topological polar surface area (TPSA) is 75.1 Å². The Bertz CT molecular complexity index is 752. The molecule has 3 rings (SSSR count). The van der Waals surface area contributed by atoms with Gasteiger partial charge in [0.15, 0.2) is 10.8 Å². The van der Waals surface area contributed by atoms with Crippen molar-refractivity contribution in [1.82, 2.24) is 9.97 Å². The molecule has 0 fully saturated rings. The number of carbonyl (C=O) groups is 1. The van der Waals surface area contributed by atoms with Crippen LogP contribution in [0.5, 0.6) is 0 Å². The summed E-state index contributed by atoms with van der Waals surface area (Å²) in [5.41, 5.74) is 2.08. The van der Waals surface area contributed by atoms with Gasteiger partial charge in [0.25, 0.3) is 0 Å². The highest BCUT2D eigenvalue weighted by Crippen LogP contribution is 2.25. The first-order valence-electron chi connectivity index (χ1n) is 6.15. The average molecular weight is 317 g/mol. The maximum Gasteiger partial charge on any atom is 0.355 e. The van der Waals surface area contributed by atoms with Crippen LogP contribution in [0, 0.1) is 0 Å². The molecule has 0 unspecified atom stereocenters. The van der Waals surface area contributed by atoms with Gasteiger partial charge in [-0.15, -0.1) is 22.7 Å².